The highest BCUT2D eigenvalue weighted by Gasteiger charge is 2.38. The highest BCUT2D eigenvalue weighted by Crippen LogP contribution is 2.28. The summed E-state index contributed by atoms with van der Waals surface area (Å²) in [4.78, 5) is 30.4. The molecular formula is C19H26N2O4S. The Balaban J connectivity index is 1.39. The van der Waals surface area contributed by atoms with Crippen LogP contribution in [0.15, 0.2) is 17.5 Å². The highest BCUT2D eigenvalue weighted by atomic mass is 32.1. The minimum atomic E-state index is -0.311. The van der Waals surface area contributed by atoms with Gasteiger partial charge in [-0.1, -0.05) is 6.07 Å². The normalized spacial score (nSPS) is 25.6. The quantitative estimate of drug-likeness (QED) is 0.810. The van der Waals surface area contributed by atoms with Gasteiger partial charge in [0.25, 0.3) is 5.91 Å². The zero-order chi connectivity index (χ0) is 17.9. The molecule has 3 aliphatic rings. The van der Waals surface area contributed by atoms with E-state index in [1.54, 1.807) is 4.90 Å². The van der Waals surface area contributed by atoms with Crippen LogP contribution < -0.4 is 0 Å². The number of rotatable bonds is 3. The van der Waals surface area contributed by atoms with Crippen LogP contribution in [-0.2, 0) is 14.3 Å². The molecule has 0 radical (unpaired) electrons. The largest absolute Gasteiger partial charge is 0.350 e. The maximum Gasteiger partial charge on any atom is 0.264 e. The maximum atomic E-state index is 13.1. The number of nitrogens with zero attached hydrogens (tertiary/aromatic N) is 2. The Morgan fingerprint density at radius 2 is 1.81 bits per heavy atom. The van der Waals surface area contributed by atoms with E-state index in [-0.39, 0.29) is 24.1 Å². The second-order valence-electron chi connectivity index (χ2n) is 7.26. The monoisotopic (exact) mass is 378 g/mol. The molecule has 3 fully saturated rings. The Bertz CT molecular complexity index is 621. The van der Waals surface area contributed by atoms with E-state index in [4.69, 9.17) is 9.47 Å². The minimum absolute atomic E-state index is 0.000640. The van der Waals surface area contributed by atoms with Crippen molar-refractivity contribution in [3.63, 3.8) is 0 Å². The van der Waals surface area contributed by atoms with Crippen molar-refractivity contribution in [2.45, 2.75) is 44.4 Å². The van der Waals surface area contributed by atoms with E-state index in [2.05, 4.69) is 0 Å². The van der Waals surface area contributed by atoms with Gasteiger partial charge in [-0.3, -0.25) is 9.59 Å². The van der Waals surface area contributed by atoms with E-state index in [9.17, 15) is 9.59 Å². The van der Waals surface area contributed by atoms with Crippen LogP contribution in [0.25, 0.3) is 0 Å². The van der Waals surface area contributed by atoms with Crippen molar-refractivity contribution in [1.29, 1.82) is 0 Å². The van der Waals surface area contributed by atoms with E-state index < -0.39 is 0 Å². The predicted molar refractivity (Wildman–Crippen MR) is 98.0 cm³/mol. The average molecular weight is 378 g/mol. The lowest BCUT2D eigenvalue weighted by molar-refractivity contribution is -0.142. The van der Waals surface area contributed by atoms with Gasteiger partial charge in [-0.2, -0.15) is 0 Å². The smallest absolute Gasteiger partial charge is 0.264 e. The summed E-state index contributed by atoms with van der Waals surface area (Å²) in [6.07, 6.45) is 4.46. The molecule has 3 aliphatic heterocycles. The van der Waals surface area contributed by atoms with Crippen LogP contribution >= 0.6 is 11.3 Å². The van der Waals surface area contributed by atoms with Gasteiger partial charge in [0.05, 0.1) is 18.1 Å². The first-order chi connectivity index (χ1) is 12.7. The number of hydrogen-bond acceptors (Lipinski definition) is 5. The number of carbonyl (C=O) groups is 2. The first-order valence-corrected chi connectivity index (χ1v) is 10.5. The van der Waals surface area contributed by atoms with Gasteiger partial charge >= 0.3 is 0 Å². The molecule has 0 aromatic carbocycles. The molecule has 142 valence electrons. The molecule has 7 heteroatoms. The zero-order valence-electron chi connectivity index (χ0n) is 15.0. The summed E-state index contributed by atoms with van der Waals surface area (Å²) < 4.78 is 11.2. The van der Waals surface area contributed by atoms with Crippen LogP contribution in [0.1, 0.15) is 41.8 Å². The van der Waals surface area contributed by atoms with E-state index in [1.165, 1.54) is 11.3 Å². The van der Waals surface area contributed by atoms with Crippen LogP contribution in [0.2, 0.25) is 0 Å². The van der Waals surface area contributed by atoms with E-state index >= 15 is 0 Å². The molecule has 4 heterocycles. The van der Waals surface area contributed by atoms with Gasteiger partial charge < -0.3 is 19.3 Å². The third-order valence-corrected chi connectivity index (χ3v) is 6.52. The first kappa shape index (κ1) is 17.9. The Morgan fingerprint density at radius 3 is 2.50 bits per heavy atom. The zero-order valence-corrected chi connectivity index (χ0v) is 15.8. The molecule has 0 N–H and O–H groups in total. The van der Waals surface area contributed by atoms with Crippen molar-refractivity contribution in [3.05, 3.63) is 22.4 Å². The van der Waals surface area contributed by atoms with Crippen molar-refractivity contribution >= 4 is 23.2 Å². The molecule has 2 amide bonds. The summed E-state index contributed by atoms with van der Waals surface area (Å²) in [5.74, 6) is 0.485. The second kappa shape index (κ2) is 8.06. The number of thiophene rings is 1. The lowest BCUT2D eigenvalue weighted by Gasteiger charge is -2.40. The number of likely N-dealkylation sites (tertiary alicyclic amines) is 2. The molecule has 26 heavy (non-hydrogen) atoms. The third kappa shape index (κ3) is 3.66. The number of hydrogen-bond donors (Lipinski definition) is 0. The van der Waals surface area contributed by atoms with Gasteiger partial charge in [0.2, 0.25) is 5.91 Å². The number of piperidine rings is 2. The predicted octanol–water partition coefficient (Wildman–Crippen LogP) is 2.35. The summed E-state index contributed by atoms with van der Waals surface area (Å²) >= 11 is 1.44. The Kier molecular flexibility index (Phi) is 5.57. The van der Waals surface area contributed by atoms with Crippen molar-refractivity contribution in [2.24, 2.45) is 5.92 Å². The average Bonchev–Trinajstić information content (AvgIpc) is 3.41. The molecule has 0 aliphatic carbocycles. The lowest BCUT2D eigenvalue weighted by Crippen LogP contribution is -2.54. The van der Waals surface area contributed by atoms with Gasteiger partial charge in [0.15, 0.2) is 6.29 Å². The van der Waals surface area contributed by atoms with Crippen LogP contribution in [0, 0.1) is 5.92 Å². The van der Waals surface area contributed by atoms with E-state index in [0.29, 0.717) is 25.7 Å². The number of amides is 2. The van der Waals surface area contributed by atoms with Gasteiger partial charge in [-0.25, -0.2) is 0 Å². The van der Waals surface area contributed by atoms with Crippen LogP contribution in [0.4, 0.5) is 0 Å². The molecule has 1 aromatic rings. The van der Waals surface area contributed by atoms with Gasteiger partial charge in [0, 0.05) is 25.6 Å². The first-order valence-electron chi connectivity index (χ1n) is 9.60. The Morgan fingerprint density at radius 1 is 1.04 bits per heavy atom. The molecular weight excluding hydrogens is 352 g/mol. The fraction of sp³-hybridized carbons (Fsp3) is 0.684. The SMILES string of the molecule is O=C(C1CCCCN1C(=O)c1cccs1)N1CCC(C2OCCO2)CC1. The van der Waals surface area contributed by atoms with Crippen LogP contribution in [0.5, 0.6) is 0 Å². The molecule has 0 spiro atoms. The molecule has 0 bridgehead atoms. The number of ether oxygens (including phenoxy) is 2. The summed E-state index contributed by atoms with van der Waals surface area (Å²) in [6.45, 7) is 3.47. The fourth-order valence-electron chi connectivity index (χ4n) is 4.22. The van der Waals surface area contributed by atoms with Crippen LogP contribution in [-0.4, -0.2) is 66.8 Å². The third-order valence-electron chi connectivity index (χ3n) is 5.66. The second-order valence-corrected chi connectivity index (χ2v) is 8.21. The van der Waals surface area contributed by atoms with Crippen molar-refractivity contribution in [3.8, 4) is 0 Å². The Hall–Kier alpha value is -1.44. The van der Waals surface area contributed by atoms with Crippen molar-refractivity contribution < 1.29 is 19.1 Å². The van der Waals surface area contributed by atoms with Gasteiger partial charge in [-0.05, 0) is 43.6 Å². The maximum absolute atomic E-state index is 13.1. The standard InChI is InChI=1S/C19H26N2O4S/c22-17(20-9-6-14(7-10-20)19-24-11-12-25-19)15-4-1-2-8-21(15)18(23)16-5-3-13-26-16/h3,5,13-15,19H,1-2,4,6-12H2. The molecule has 6 nitrogen and oxygen atoms in total. The number of carbonyl (C=O) groups excluding carboxylic acids is 2. The Labute approximate surface area is 158 Å². The molecule has 1 aromatic heterocycles. The molecule has 1 atom stereocenters. The topological polar surface area (TPSA) is 59.1 Å². The molecule has 3 saturated heterocycles. The summed E-state index contributed by atoms with van der Waals surface area (Å²) in [6, 6.07) is 3.42. The van der Waals surface area contributed by atoms with Gasteiger partial charge in [0.1, 0.15) is 6.04 Å². The van der Waals surface area contributed by atoms with E-state index in [0.717, 1.165) is 50.1 Å². The minimum Gasteiger partial charge on any atom is -0.350 e. The molecule has 1 unspecified atom stereocenters. The summed E-state index contributed by atoms with van der Waals surface area (Å²) in [5, 5.41) is 1.91. The van der Waals surface area contributed by atoms with Crippen molar-refractivity contribution in [2.75, 3.05) is 32.8 Å². The molecule has 0 saturated carbocycles. The fourth-order valence-corrected chi connectivity index (χ4v) is 4.90. The van der Waals surface area contributed by atoms with Gasteiger partial charge in [-0.15, -0.1) is 11.3 Å². The van der Waals surface area contributed by atoms with Crippen LogP contribution in [0.3, 0.4) is 0 Å². The van der Waals surface area contributed by atoms with Crippen molar-refractivity contribution in [1.82, 2.24) is 9.80 Å². The molecule has 4 rings (SSSR count). The van der Waals surface area contributed by atoms with E-state index in [1.807, 2.05) is 22.4 Å². The summed E-state index contributed by atoms with van der Waals surface area (Å²) in [5.41, 5.74) is 0. The highest BCUT2D eigenvalue weighted by molar-refractivity contribution is 7.12. The summed E-state index contributed by atoms with van der Waals surface area (Å²) in [7, 11) is 0. The lowest BCUT2D eigenvalue weighted by atomic mass is 9.94.